The van der Waals surface area contributed by atoms with Crippen molar-refractivity contribution < 1.29 is 14.2 Å². The second kappa shape index (κ2) is 5.15. The van der Waals surface area contributed by atoms with Gasteiger partial charge in [0.05, 0.1) is 25.9 Å². The largest absolute Gasteiger partial charge is 0.493 e. The van der Waals surface area contributed by atoms with Crippen LogP contribution in [-0.4, -0.2) is 29.5 Å². The van der Waals surface area contributed by atoms with Crippen molar-refractivity contribution in [3.8, 4) is 17.4 Å². The van der Waals surface area contributed by atoms with E-state index in [-0.39, 0.29) is 17.4 Å². The van der Waals surface area contributed by atoms with Gasteiger partial charge in [0.2, 0.25) is 5.88 Å². The third kappa shape index (κ3) is 1.84. The van der Waals surface area contributed by atoms with Gasteiger partial charge in [0, 0.05) is 31.5 Å². The Morgan fingerprint density at radius 2 is 1.88 bits per heavy atom. The Kier molecular flexibility index (Phi) is 3.19. The van der Waals surface area contributed by atoms with E-state index in [0.717, 1.165) is 10.1 Å². The first-order valence-electron chi connectivity index (χ1n) is 7.77. The van der Waals surface area contributed by atoms with E-state index in [1.165, 1.54) is 11.6 Å². The average Bonchev–Trinajstić information content (AvgIpc) is 2.62. The molecule has 7 nitrogen and oxygen atoms in total. The smallest absolute Gasteiger partial charge is 0.333 e. The summed E-state index contributed by atoms with van der Waals surface area (Å²) in [5.41, 5.74) is 0.688. The highest BCUT2D eigenvalue weighted by atomic mass is 16.5. The van der Waals surface area contributed by atoms with E-state index in [1.807, 2.05) is 18.2 Å². The topological polar surface area (TPSA) is 71.7 Å². The lowest BCUT2D eigenvalue weighted by atomic mass is 9.78. The van der Waals surface area contributed by atoms with E-state index >= 15 is 0 Å². The SMILES string of the molecule is COc1cccc2c1OC[C@@H]1COc3c(c(=O)n(C)c(=O)n3C)[C@H]21. The Labute approximate surface area is 138 Å². The van der Waals surface area contributed by atoms with E-state index in [9.17, 15) is 9.59 Å². The van der Waals surface area contributed by atoms with Gasteiger partial charge in [0.25, 0.3) is 5.56 Å². The lowest BCUT2D eigenvalue weighted by Gasteiger charge is -2.38. The first-order valence-corrected chi connectivity index (χ1v) is 7.77. The van der Waals surface area contributed by atoms with Crippen LogP contribution < -0.4 is 25.5 Å². The number of methoxy groups -OCH3 is 1. The second-order valence-electron chi connectivity index (χ2n) is 6.16. The first kappa shape index (κ1) is 14.9. The highest BCUT2D eigenvalue weighted by molar-refractivity contribution is 5.54. The van der Waals surface area contributed by atoms with Crippen molar-refractivity contribution in [3.05, 3.63) is 50.2 Å². The highest BCUT2D eigenvalue weighted by Crippen LogP contribution is 2.48. The molecule has 4 rings (SSSR count). The molecule has 0 unspecified atom stereocenters. The molecule has 126 valence electrons. The Morgan fingerprint density at radius 1 is 1.12 bits per heavy atom. The maximum absolute atomic E-state index is 12.8. The minimum atomic E-state index is -0.393. The van der Waals surface area contributed by atoms with E-state index in [4.69, 9.17) is 14.2 Å². The van der Waals surface area contributed by atoms with Gasteiger partial charge in [-0.1, -0.05) is 12.1 Å². The molecule has 2 aromatic rings. The molecule has 0 saturated carbocycles. The maximum atomic E-state index is 12.8. The van der Waals surface area contributed by atoms with Gasteiger partial charge in [-0.25, -0.2) is 4.79 Å². The number of aromatic nitrogens is 2. The van der Waals surface area contributed by atoms with Crippen LogP contribution in [0.15, 0.2) is 27.8 Å². The summed E-state index contributed by atoms with van der Waals surface area (Å²) in [5, 5.41) is 0. The van der Waals surface area contributed by atoms with Gasteiger partial charge < -0.3 is 14.2 Å². The van der Waals surface area contributed by atoms with Crippen LogP contribution >= 0.6 is 0 Å². The van der Waals surface area contributed by atoms with Crippen molar-refractivity contribution in [2.75, 3.05) is 20.3 Å². The molecule has 0 fully saturated rings. The van der Waals surface area contributed by atoms with Gasteiger partial charge in [0.1, 0.15) is 0 Å². The number of hydrogen-bond donors (Lipinski definition) is 0. The zero-order chi connectivity index (χ0) is 17.0. The van der Waals surface area contributed by atoms with Crippen molar-refractivity contribution in [3.63, 3.8) is 0 Å². The van der Waals surface area contributed by atoms with E-state index < -0.39 is 5.69 Å². The second-order valence-corrected chi connectivity index (χ2v) is 6.16. The molecule has 0 aliphatic carbocycles. The molecule has 1 aromatic carbocycles. The Bertz CT molecular complexity index is 943. The third-order valence-electron chi connectivity index (χ3n) is 4.87. The fourth-order valence-corrected chi connectivity index (χ4v) is 3.65. The summed E-state index contributed by atoms with van der Waals surface area (Å²) in [6.07, 6.45) is 0. The zero-order valence-corrected chi connectivity index (χ0v) is 13.7. The summed E-state index contributed by atoms with van der Waals surface area (Å²) < 4.78 is 19.5. The Hall–Kier alpha value is -2.70. The molecule has 2 aliphatic rings. The number of hydrogen-bond acceptors (Lipinski definition) is 5. The molecule has 0 saturated heterocycles. The molecule has 0 spiro atoms. The van der Waals surface area contributed by atoms with Crippen LogP contribution in [0.4, 0.5) is 0 Å². The predicted molar refractivity (Wildman–Crippen MR) is 86.2 cm³/mol. The highest BCUT2D eigenvalue weighted by Gasteiger charge is 2.42. The quantitative estimate of drug-likeness (QED) is 0.767. The molecule has 7 heteroatoms. The molecule has 2 atom stereocenters. The van der Waals surface area contributed by atoms with Crippen LogP contribution in [0.5, 0.6) is 17.4 Å². The summed E-state index contributed by atoms with van der Waals surface area (Å²) in [5.74, 6) is 1.48. The molecule has 3 heterocycles. The van der Waals surface area contributed by atoms with Crippen molar-refractivity contribution in [2.45, 2.75) is 5.92 Å². The predicted octanol–water partition coefficient (Wildman–Crippen LogP) is 0.625. The third-order valence-corrected chi connectivity index (χ3v) is 4.87. The molecule has 24 heavy (non-hydrogen) atoms. The average molecular weight is 330 g/mol. The molecular weight excluding hydrogens is 312 g/mol. The van der Waals surface area contributed by atoms with Crippen molar-refractivity contribution in [2.24, 2.45) is 20.0 Å². The lowest BCUT2D eigenvalue weighted by Crippen LogP contribution is -2.46. The standard InChI is InChI=1S/C17H18N2O5/c1-18-15(20)13-12-9(8-24-16(13)19(2)17(18)21)7-23-14-10(12)5-4-6-11(14)22-3/h4-6,9,12H,7-8H2,1-3H3/t9-,12+/m1/s1. The van der Waals surface area contributed by atoms with Crippen molar-refractivity contribution in [1.82, 2.24) is 9.13 Å². The number of benzene rings is 1. The first-order chi connectivity index (χ1) is 11.5. The van der Waals surface area contributed by atoms with Crippen LogP contribution in [0.25, 0.3) is 0 Å². The van der Waals surface area contributed by atoms with Crippen LogP contribution in [0.3, 0.4) is 0 Å². The fraction of sp³-hybridized carbons (Fsp3) is 0.412. The Morgan fingerprint density at radius 3 is 2.62 bits per heavy atom. The van der Waals surface area contributed by atoms with Crippen molar-refractivity contribution >= 4 is 0 Å². The van der Waals surface area contributed by atoms with Gasteiger partial charge in [-0.05, 0) is 6.07 Å². The number of ether oxygens (including phenoxy) is 3. The van der Waals surface area contributed by atoms with Gasteiger partial charge in [-0.3, -0.25) is 13.9 Å². The minimum Gasteiger partial charge on any atom is -0.493 e. The van der Waals surface area contributed by atoms with Gasteiger partial charge >= 0.3 is 5.69 Å². The molecule has 1 aromatic heterocycles. The van der Waals surface area contributed by atoms with Gasteiger partial charge in [0.15, 0.2) is 11.5 Å². The van der Waals surface area contributed by atoms with Crippen LogP contribution in [0.2, 0.25) is 0 Å². The summed E-state index contributed by atoms with van der Waals surface area (Å²) >= 11 is 0. The van der Waals surface area contributed by atoms with Gasteiger partial charge in [-0.15, -0.1) is 0 Å². The van der Waals surface area contributed by atoms with E-state index in [0.29, 0.717) is 36.2 Å². The molecule has 2 aliphatic heterocycles. The van der Waals surface area contributed by atoms with Crippen LogP contribution in [-0.2, 0) is 14.1 Å². The van der Waals surface area contributed by atoms with E-state index in [1.54, 1.807) is 14.2 Å². The molecular formula is C17H18N2O5. The van der Waals surface area contributed by atoms with Gasteiger partial charge in [-0.2, -0.15) is 0 Å². The van der Waals surface area contributed by atoms with Crippen LogP contribution in [0.1, 0.15) is 17.0 Å². The Balaban J connectivity index is 2.03. The molecule has 0 amide bonds. The minimum absolute atomic E-state index is 0.0160. The summed E-state index contributed by atoms with van der Waals surface area (Å²) in [6.45, 7) is 0.832. The normalized spacial score (nSPS) is 21.0. The fourth-order valence-electron chi connectivity index (χ4n) is 3.65. The number of rotatable bonds is 1. The zero-order valence-electron chi connectivity index (χ0n) is 13.7. The lowest BCUT2D eigenvalue weighted by molar-refractivity contribution is 0.113. The molecule has 0 N–H and O–H groups in total. The number of para-hydroxylation sites is 1. The number of fused-ring (bicyclic) bond motifs is 5. The summed E-state index contributed by atoms with van der Waals surface area (Å²) in [7, 11) is 4.69. The summed E-state index contributed by atoms with van der Waals surface area (Å²) in [6, 6.07) is 5.65. The number of nitrogens with zero attached hydrogens (tertiary/aromatic N) is 2. The van der Waals surface area contributed by atoms with Crippen molar-refractivity contribution in [1.29, 1.82) is 0 Å². The maximum Gasteiger partial charge on any atom is 0.333 e. The van der Waals surface area contributed by atoms with Crippen LogP contribution in [0, 0.1) is 5.92 Å². The van der Waals surface area contributed by atoms with E-state index in [2.05, 4.69) is 0 Å². The molecule has 0 bridgehead atoms. The monoisotopic (exact) mass is 330 g/mol. The summed E-state index contributed by atoms with van der Waals surface area (Å²) in [4.78, 5) is 25.0. The molecule has 0 radical (unpaired) electrons.